The molecular formula is C14H19NO. The van der Waals surface area contributed by atoms with Crippen molar-refractivity contribution in [2.45, 2.75) is 39.2 Å². The Labute approximate surface area is 97.3 Å². The van der Waals surface area contributed by atoms with Crippen molar-refractivity contribution >= 4 is 5.91 Å². The largest absolute Gasteiger partial charge is 0.336 e. The molecular weight excluding hydrogens is 198 g/mol. The highest BCUT2D eigenvalue weighted by Gasteiger charge is 2.25. The fraction of sp³-hybridized carbons (Fsp3) is 0.500. The van der Waals surface area contributed by atoms with Gasteiger partial charge in [0.05, 0.1) is 6.04 Å². The van der Waals surface area contributed by atoms with E-state index in [1.165, 1.54) is 17.5 Å². The molecule has 1 aliphatic heterocycles. The van der Waals surface area contributed by atoms with Crippen molar-refractivity contribution in [2.75, 3.05) is 6.54 Å². The molecule has 1 heterocycles. The zero-order valence-corrected chi connectivity index (χ0v) is 10.1. The average molecular weight is 217 g/mol. The summed E-state index contributed by atoms with van der Waals surface area (Å²) in [7, 11) is 0. The maximum Gasteiger partial charge on any atom is 0.219 e. The lowest BCUT2D eigenvalue weighted by Crippen LogP contribution is -2.36. The van der Waals surface area contributed by atoms with Crippen molar-refractivity contribution in [3.63, 3.8) is 0 Å². The van der Waals surface area contributed by atoms with Gasteiger partial charge in [0, 0.05) is 13.5 Å². The standard InChI is InChI=1S/C14H19NO/c1-11-6-8-13(9-7-11)14-5-3-4-10-15(14)12(2)16/h6-9,14H,3-5,10H2,1-2H3. The molecule has 0 aromatic heterocycles. The van der Waals surface area contributed by atoms with E-state index in [1.807, 2.05) is 4.90 Å². The smallest absolute Gasteiger partial charge is 0.219 e. The number of likely N-dealkylation sites (tertiary alicyclic amines) is 1. The summed E-state index contributed by atoms with van der Waals surface area (Å²) >= 11 is 0. The van der Waals surface area contributed by atoms with Gasteiger partial charge in [-0.1, -0.05) is 29.8 Å². The van der Waals surface area contributed by atoms with Gasteiger partial charge >= 0.3 is 0 Å². The van der Waals surface area contributed by atoms with Crippen LogP contribution in [0.3, 0.4) is 0 Å². The average Bonchev–Trinajstić information content (AvgIpc) is 2.30. The van der Waals surface area contributed by atoms with E-state index in [0.717, 1.165) is 19.4 Å². The van der Waals surface area contributed by atoms with Crippen LogP contribution in [0.25, 0.3) is 0 Å². The number of amides is 1. The normalized spacial score (nSPS) is 20.9. The predicted octanol–water partition coefficient (Wildman–Crippen LogP) is 3.07. The Balaban J connectivity index is 2.23. The van der Waals surface area contributed by atoms with Crippen molar-refractivity contribution in [1.29, 1.82) is 0 Å². The molecule has 1 saturated heterocycles. The first kappa shape index (κ1) is 11.2. The summed E-state index contributed by atoms with van der Waals surface area (Å²) in [5.74, 6) is 0.199. The molecule has 86 valence electrons. The second kappa shape index (κ2) is 4.69. The fourth-order valence-electron chi connectivity index (χ4n) is 2.44. The molecule has 0 spiro atoms. The molecule has 1 aromatic carbocycles. The highest BCUT2D eigenvalue weighted by molar-refractivity contribution is 5.74. The molecule has 2 heteroatoms. The quantitative estimate of drug-likeness (QED) is 0.708. The molecule has 0 N–H and O–H groups in total. The van der Waals surface area contributed by atoms with Crippen LogP contribution < -0.4 is 0 Å². The van der Waals surface area contributed by atoms with Crippen molar-refractivity contribution in [1.82, 2.24) is 4.90 Å². The predicted molar refractivity (Wildman–Crippen MR) is 65.2 cm³/mol. The third-order valence-corrected chi connectivity index (χ3v) is 3.37. The second-order valence-electron chi connectivity index (χ2n) is 4.63. The van der Waals surface area contributed by atoms with Crippen LogP contribution in [0.1, 0.15) is 43.4 Å². The lowest BCUT2D eigenvalue weighted by molar-refractivity contribution is -0.132. The Bertz CT molecular complexity index is 369. The molecule has 1 fully saturated rings. The number of hydrogen-bond acceptors (Lipinski definition) is 1. The van der Waals surface area contributed by atoms with Gasteiger partial charge in [0.25, 0.3) is 0 Å². The van der Waals surface area contributed by atoms with Crippen LogP contribution in [0, 0.1) is 6.92 Å². The third kappa shape index (κ3) is 2.26. The maximum absolute atomic E-state index is 11.6. The van der Waals surface area contributed by atoms with Gasteiger partial charge in [-0.3, -0.25) is 4.79 Å². The zero-order valence-electron chi connectivity index (χ0n) is 10.1. The van der Waals surface area contributed by atoms with E-state index in [-0.39, 0.29) is 5.91 Å². The molecule has 2 nitrogen and oxygen atoms in total. The second-order valence-corrected chi connectivity index (χ2v) is 4.63. The Hall–Kier alpha value is -1.31. The lowest BCUT2D eigenvalue weighted by atomic mass is 9.94. The summed E-state index contributed by atoms with van der Waals surface area (Å²) in [6, 6.07) is 8.86. The van der Waals surface area contributed by atoms with Gasteiger partial charge in [0.15, 0.2) is 0 Å². The van der Waals surface area contributed by atoms with E-state index in [4.69, 9.17) is 0 Å². The molecule has 1 aliphatic rings. The lowest BCUT2D eigenvalue weighted by Gasteiger charge is -2.35. The van der Waals surface area contributed by atoms with E-state index in [2.05, 4.69) is 31.2 Å². The molecule has 0 saturated carbocycles. The molecule has 1 amide bonds. The fourth-order valence-corrected chi connectivity index (χ4v) is 2.44. The molecule has 1 unspecified atom stereocenters. The van der Waals surface area contributed by atoms with Crippen LogP contribution in [0.5, 0.6) is 0 Å². The molecule has 16 heavy (non-hydrogen) atoms. The number of hydrogen-bond donors (Lipinski definition) is 0. The molecule has 1 aromatic rings. The first-order chi connectivity index (χ1) is 7.68. The molecule has 0 aliphatic carbocycles. The summed E-state index contributed by atoms with van der Waals surface area (Å²) in [5.41, 5.74) is 2.55. The first-order valence-corrected chi connectivity index (χ1v) is 6.02. The van der Waals surface area contributed by atoms with E-state index in [0.29, 0.717) is 6.04 Å². The monoisotopic (exact) mass is 217 g/mol. The van der Waals surface area contributed by atoms with Crippen molar-refractivity contribution in [3.05, 3.63) is 35.4 Å². The summed E-state index contributed by atoms with van der Waals surface area (Å²) < 4.78 is 0. The zero-order chi connectivity index (χ0) is 11.5. The Kier molecular flexibility index (Phi) is 3.28. The van der Waals surface area contributed by atoms with Gasteiger partial charge < -0.3 is 4.90 Å². The number of piperidine rings is 1. The van der Waals surface area contributed by atoms with Crippen LogP contribution in [-0.2, 0) is 4.79 Å². The van der Waals surface area contributed by atoms with Gasteiger partial charge in [-0.25, -0.2) is 0 Å². The van der Waals surface area contributed by atoms with Crippen LogP contribution in [0.2, 0.25) is 0 Å². The number of nitrogens with zero attached hydrogens (tertiary/aromatic N) is 1. The number of carbonyl (C=O) groups excluding carboxylic acids is 1. The van der Waals surface area contributed by atoms with E-state index in [9.17, 15) is 4.79 Å². The van der Waals surface area contributed by atoms with Crippen LogP contribution in [0.4, 0.5) is 0 Å². The summed E-state index contributed by atoms with van der Waals surface area (Å²) in [6.07, 6.45) is 3.47. The third-order valence-electron chi connectivity index (χ3n) is 3.37. The minimum atomic E-state index is 0.199. The van der Waals surface area contributed by atoms with Crippen molar-refractivity contribution in [3.8, 4) is 0 Å². The van der Waals surface area contributed by atoms with E-state index in [1.54, 1.807) is 6.92 Å². The van der Waals surface area contributed by atoms with Gasteiger partial charge in [-0.15, -0.1) is 0 Å². The highest BCUT2D eigenvalue weighted by Crippen LogP contribution is 2.30. The van der Waals surface area contributed by atoms with Crippen LogP contribution in [-0.4, -0.2) is 17.4 Å². The summed E-state index contributed by atoms with van der Waals surface area (Å²) in [5, 5.41) is 0. The van der Waals surface area contributed by atoms with Crippen molar-refractivity contribution < 1.29 is 4.79 Å². The van der Waals surface area contributed by atoms with E-state index >= 15 is 0 Å². The number of carbonyl (C=O) groups is 1. The minimum absolute atomic E-state index is 0.199. The van der Waals surface area contributed by atoms with Crippen LogP contribution in [0.15, 0.2) is 24.3 Å². The molecule has 2 rings (SSSR count). The molecule has 1 atom stereocenters. The first-order valence-electron chi connectivity index (χ1n) is 6.02. The van der Waals surface area contributed by atoms with E-state index < -0.39 is 0 Å². The Morgan fingerprint density at radius 1 is 1.25 bits per heavy atom. The Morgan fingerprint density at radius 3 is 2.56 bits per heavy atom. The van der Waals surface area contributed by atoms with Gasteiger partial charge in [-0.05, 0) is 31.7 Å². The minimum Gasteiger partial charge on any atom is -0.336 e. The van der Waals surface area contributed by atoms with Gasteiger partial charge in [0.1, 0.15) is 0 Å². The summed E-state index contributed by atoms with van der Waals surface area (Å²) in [6.45, 7) is 4.67. The molecule has 0 bridgehead atoms. The maximum atomic E-state index is 11.6. The summed E-state index contributed by atoms with van der Waals surface area (Å²) in [4.78, 5) is 13.6. The Morgan fingerprint density at radius 2 is 1.94 bits per heavy atom. The SMILES string of the molecule is CC(=O)N1CCCCC1c1ccc(C)cc1. The van der Waals surface area contributed by atoms with Crippen molar-refractivity contribution in [2.24, 2.45) is 0 Å². The van der Waals surface area contributed by atoms with Gasteiger partial charge in [-0.2, -0.15) is 0 Å². The van der Waals surface area contributed by atoms with Crippen LogP contribution >= 0.6 is 0 Å². The topological polar surface area (TPSA) is 20.3 Å². The number of aryl methyl sites for hydroxylation is 1. The van der Waals surface area contributed by atoms with Gasteiger partial charge in [0.2, 0.25) is 5.91 Å². The highest BCUT2D eigenvalue weighted by atomic mass is 16.2. The number of benzene rings is 1. The number of rotatable bonds is 1. The molecule has 0 radical (unpaired) electrons.